The molecule has 21 heteroatoms. The van der Waals surface area contributed by atoms with E-state index in [9.17, 15) is 44.4 Å². The van der Waals surface area contributed by atoms with E-state index in [1.807, 2.05) is 38.9 Å². The van der Waals surface area contributed by atoms with Crippen LogP contribution in [-0.2, 0) is 58.7 Å². The third kappa shape index (κ3) is 14.4. The Labute approximate surface area is 454 Å². The fraction of sp³-hybridized carbons (Fsp3) is 0.768. The lowest BCUT2D eigenvalue weighted by Crippen LogP contribution is -2.61. The Morgan fingerprint density at radius 2 is 1.53 bits per heavy atom. The number of carboxylic acid groups (broad SMARTS) is 1. The molecule has 1 aromatic carbocycles. The summed E-state index contributed by atoms with van der Waals surface area (Å²) in [5.74, 6) is -6.64. The summed E-state index contributed by atoms with van der Waals surface area (Å²) in [5.41, 5.74) is -3.94. The standard InChI is InChI=1S/C56H90N4O17/c1-17-41-56(10,69)48(65)32(4)44(62)30(2)27-54(8,70-15)49(77-53-46(64)40(58(11)12)25-31(3)72-53)33(5)47(34(6)52(68)74-41)76-43-28-55(9,71-16)50(35(7)73-43)75-42(61)22-24-57-23-18-19-36-20-21-39-37(26-36)45(63)38(51(66)67)29-60(39)59(13)14/h20-21,26,29-35,40-41,43,46-50,53,57,64-65,69H,17-19,22-25,27-28H2,1-16H3,(H,66,67)/t30-,31-,32+,33+,34-,35+,40+,41-,43+,46-,47+,48-,49-,50+,53+,54-,55-,56-/m1/s1. The molecule has 0 spiro atoms. The fourth-order valence-corrected chi connectivity index (χ4v) is 11.7. The number of cyclic esters (lactones) is 1. The number of nitrogens with one attached hydrogen (secondary N) is 1. The molecule has 3 aliphatic heterocycles. The van der Waals surface area contributed by atoms with Crippen LogP contribution in [0.4, 0.5) is 0 Å². The number of pyridine rings is 1. The number of benzene rings is 1. The van der Waals surface area contributed by atoms with E-state index in [-0.39, 0.29) is 49.2 Å². The third-order valence-electron chi connectivity index (χ3n) is 16.5. The highest BCUT2D eigenvalue weighted by molar-refractivity contribution is 5.93. The summed E-state index contributed by atoms with van der Waals surface area (Å²) >= 11 is 0. The Kier molecular flexibility index (Phi) is 21.9. The van der Waals surface area contributed by atoms with Gasteiger partial charge in [0, 0.05) is 76.7 Å². The van der Waals surface area contributed by atoms with Crippen LogP contribution < -0.4 is 15.8 Å². The van der Waals surface area contributed by atoms with Crippen LogP contribution in [0.15, 0.2) is 29.2 Å². The summed E-state index contributed by atoms with van der Waals surface area (Å²) in [7, 11) is 10.2. The summed E-state index contributed by atoms with van der Waals surface area (Å²) in [6.45, 7) is 17.8. The number of ether oxygens (including phenoxy) is 8. The summed E-state index contributed by atoms with van der Waals surface area (Å²) in [4.78, 5) is 69.1. The number of rotatable bonds is 18. The normalized spacial score (nSPS) is 36.8. The molecule has 2 aromatic rings. The molecule has 3 saturated heterocycles. The first-order chi connectivity index (χ1) is 36.0. The van der Waals surface area contributed by atoms with Crippen LogP contribution in [0.2, 0.25) is 0 Å². The molecule has 3 aliphatic rings. The molecule has 0 amide bonds. The number of likely N-dealkylation sites (N-methyl/N-ethyl adjacent to an activating group) is 1. The molecule has 5 rings (SSSR count). The van der Waals surface area contributed by atoms with Gasteiger partial charge in [0.1, 0.15) is 34.8 Å². The Bertz CT molecular complexity index is 2400. The molecule has 0 unspecified atom stereocenters. The van der Waals surface area contributed by atoms with Crippen LogP contribution >= 0.6 is 0 Å². The molecule has 436 valence electrons. The zero-order valence-corrected chi connectivity index (χ0v) is 48.3. The number of esters is 2. The maximum absolute atomic E-state index is 14.6. The van der Waals surface area contributed by atoms with Crippen LogP contribution in [-0.4, -0.2) is 193 Å². The van der Waals surface area contributed by atoms with Crippen molar-refractivity contribution in [2.45, 2.75) is 198 Å². The van der Waals surface area contributed by atoms with Crippen molar-refractivity contribution in [1.82, 2.24) is 14.9 Å². The van der Waals surface area contributed by atoms with Gasteiger partial charge in [-0.15, -0.1) is 0 Å². The van der Waals surface area contributed by atoms with E-state index in [4.69, 9.17) is 37.9 Å². The van der Waals surface area contributed by atoms with Gasteiger partial charge in [-0.05, 0) is 112 Å². The molecule has 1 aromatic heterocycles. The van der Waals surface area contributed by atoms with Crippen LogP contribution in [0.5, 0.6) is 0 Å². The molecule has 3 fully saturated rings. The molecule has 0 bridgehead atoms. The molecular formula is C56H90N4O17. The number of carbonyl (C=O) groups excluding carboxylic acids is 3. The lowest BCUT2D eigenvalue weighted by Gasteiger charge is -2.50. The van der Waals surface area contributed by atoms with E-state index in [0.717, 1.165) is 5.56 Å². The molecule has 18 atom stereocenters. The van der Waals surface area contributed by atoms with Gasteiger partial charge >= 0.3 is 17.9 Å². The number of methoxy groups -OCH3 is 2. The van der Waals surface area contributed by atoms with E-state index in [1.165, 1.54) is 34.3 Å². The van der Waals surface area contributed by atoms with Crippen LogP contribution in [0.25, 0.3) is 10.9 Å². The van der Waals surface area contributed by atoms with Gasteiger partial charge in [-0.2, -0.15) is 0 Å². The lowest BCUT2D eigenvalue weighted by atomic mass is 9.74. The Hall–Kier alpha value is -4.13. The molecular weight excluding hydrogens is 1000 g/mol. The fourth-order valence-electron chi connectivity index (χ4n) is 11.7. The van der Waals surface area contributed by atoms with Crippen molar-refractivity contribution < 1.29 is 77.5 Å². The number of ketones is 1. The predicted molar refractivity (Wildman–Crippen MR) is 286 cm³/mol. The third-order valence-corrected chi connectivity index (χ3v) is 16.5. The Balaban J connectivity index is 1.35. The van der Waals surface area contributed by atoms with Gasteiger partial charge in [0.15, 0.2) is 18.7 Å². The van der Waals surface area contributed by atoms with Crippen molar-refractivity contribution in [3.63, 3.8) is 0 Å². The molecule has 4 heterocycles. The van der Waals surface area contributed by atoms with E-state index >= 15 is 0 Å². The second-order valence-electron chi connectivity index (χ2n) is 22.9. The monoisotopic (exact) mass is 1090 g/mol. The molecule has 21 nitrogen and oxygen atoms in total. The Morgan fingerprint density at radius 1 is 0.883 bits per heavy atom. The van der Waals surface area contributed by atoms with Crippen LogP contribution in [0.1, 0.15) is 124 Å². The number of carboxylic acids is 1. The van der Waals surface area contributed by atoms with Crippen LogP contribution in [0.3, 0.4) is 0 Å². The van der Waals surface area contributed by atoms with Crippen molar-refractivity contribution in [2.24, 2.45) is 23.7 Å². The highest BCUT2D eigenvalue weighted by atomic mass is 16.7. The van der Waals surface area contributed by atoms with E-state index in [0.29, 0.717) is 43.3 Å². The molecule has 0 saturated carbocycles. The first-order valence-corrected chi connectivity index (χ1v) is 27.2. The van der Waals surface area contributed by atoms with Gasteiger partial charge in [0.2, 0.25) is 5.43 Å². The van der Waals surface area contributed by atoms with Gasteiger partial charge in [0.05, 0.1) is 54.0 Å². The number of hydrogen-bond acceptors (Lipinski definition) is 19. The van der Waals surface area contributed by atoms with Crippen molar-refractivity contribution in [2.75, 3.05) is 60.5 Å². The number of nitrogens with zero attached hydrogens (tertiary/aromatic N) is 3. The Morgan fingerprint density at radius 3 is 2.13 bits per heavy atom. The van der Waals surface area contributed by atoms with Crippen molar-refractivity contribution in [1.29, 1.82) is 0 Å². The highest BCUT2D eigenvalue weighted by Crippen LogP contribution is 2.42. The minimum atomic E-state index is -2.03. The zero-order chi connectivity index (χ0) is 57.6. The number of aromatic nitrogens is 1. The number of fused-ring (bicyclic) bond motifs is 1. The summed E-state index contributed by atoms with van der Waals surface area (Å²) in [5, 5.41) is 50.2. The summed E-state index contributed by atoms with van der Waals surface area (Å²) < 4.78 is 52.9. The molecule has 5 N–H and O–H groups in total. The number of Topliss-reactive ketones (excluding diaryl/α,β-unsaturated/α-hetero) is 1. The first kappa shape index (κ1) is 63.7. The smallest absolute Gasteiger partial charge is 0.341 e. The number of carbonyl (C=O) groups is 4. The van der Waals surface area contributed by atoms with Crippen molar-refractivity contribution in [3.8, 4) is 0 Å². The van der Waals surface area contributed by atoms with E-state index in [1.54, 1.807) is 77.5 Å². The van der Waals surface area contributed by atoms with Crippen molar-refractivity contribution >= 4 is 34.6 Å². The SMILES string of the molecule is CC[C@H]1OC(=O)[C@H](C)[C@@H](O[C@H]2C[C@@](C)(OC)[C@@H](OC(=O)CCNCCCc3ccc4c(c3)c(=O)c(C(=O)O)cn4N(C)C)[C@H](C)O2)[C@H](C)[C@@H](O[C@@H]2O[C@H](C)C[C@H](N(C)C)[C@H]2O)[C@](C)(OC)C[C@@H](C)C(=O)[C@H](C)[C@@H](O)[C@]1(C)O. The average molecular weight is 1090 g/mol. The summed E-state index contributed by atoms with van der Waals surface area (Å²) in [6, 6.07) is 5.10. The van der Waals surface area contributed by atoms with Gasteiger partial charge in [-0.3, -0.25) is 23.9 Å². The largest absolute Gasteiger partial charge is 0.477 e. The van der Waals surface area contributed by atoms with E-state index < -0.39 is 119 Å². The number of aromatic carboxylic acids is 1. The average Bonchev–Trinajstić information content (AvgIpc) is 3.37. The zero-order valence-electron chi connectivity index (χ0n) is 48.3. The minimum Gasteiger partial charge on any atom is -0.477 e. The van der Waals surface area contributed by atoms with Crippen molar-refractivity contribution in [3.05, 3.63) is 45.7 Å². The van der Waals surface area contributed by atoms with Gasteiger partial charge < -0.3 is 73.5 Å². The highest BCUT2D eigenvalue weighted by Gasteiger charge is 2.55. The topological polar surface area (TPSA) is 264 Å². The predicted octanol–water partition coefficient (Wildman–Crippen LogP) is 3.81. The lowest BCUT2D eigenvalue weighted by molar-refractivity contribution is -0.320. The van der Waals surface area contributed by atoms with Crippen LogP contribution in [0, 0.1) is 23.7 Å². The number of aliphatic hydroxyl groups excluding tert-OH is 2. The molecule has 0 radical (unpaired) electrons. The number of hydrogen-bond donors (Lipinski definition) is 5. The molecule has 77 heavy (non-hydrogen) atoms. The maximum atomic E-state index is 14.6. The number of aliphatic hydroxyl groups is 3. The van der Waals surface area contributed by atoms with E-state index in [2.05, 4.69) is 5.32 Å². The van der Waals surface area contributed by atoms with Gasteiger partial charge in [-0.25, -0.2) is 4.79 Å². The second kappa shape index (κ2) is 26.4. The minimum absolute atomic E-state index is 0.0269. The number of aryl methyl sites for hydroxylation is 1. The maximum Gasteiger partial charge on any atom is 0.341 e. The molecule has 0 aliphatic carbocycles. The first-order valence-electron chi connectivity index (χ1n) is 27.2. The van der Waals surface area contributed by atoms with Gasteiger partial charge in [-0.1, -0.05) is 33.8 Å². The summed E-state index contributed by atoms with van der Waals surface area (Å²) in [6.07, 6.45) is -7.02. The second-order valence-corrected chi connectivity index (χ2v) is 22.9. The van der Waals surface area contributed by atoms with Gasteiger partial charge in [0.25, 0.3) is 0 Å². The quantitative estimate of drug-likeness (QED) is 0.105.